The van der Waals surface area contributed by atoms with E-state index in [0.29, 0.717) is 5.95 Å². The normalized spacial score (nSPS) is 12.2. The van der Waals surface area contributed by atoms with E-state index in [2.05, 4.69) is 20.8 Å². The molecule has 0 saturated carbocycles. The Kier molecular flexibility index (Phi) is 4.48. The highest BCUT2D eigenvalue weighted by molar-refractivity contribution is 5.40. The quantitative estimate of drug-likeness (QED) is 0.751. The Labute approximate surface area is 136 Å². The molecule has 0 radical (unpaired) electrons. The molecule has 2 N–H and O–H groups in total. The van der Waals surface area contributed by atoms with Crippen LogP contribution in [0.3, 0.4) is 0 Å². The van der Waals surface area contributed by atoms with Gasteiger partial charge in [0.1, 0.15) is 11.6 Å². The number of nitrogens with one attached hydrogen (secondary N) is 1. The van der Waals surface area contributed by atoms with Gasteiger partial charge in [0.2, 0.25) is 5.95 Å². The summed E-state index contributed by atoms with van der Waals surface area (Å²) in [5.41, 5.74) is 1.84. The number of benzene rings is 2. The second kappa shape index (κ2) is 6.71. The van der Waals surface area contributed by atoms with E-state index in [1.165, 1.54) is 10.7 Å². The minimum atomic E-state index is -1.17. The highest BCUT2D eigenvalue weighted by Gasteiger charge is 2.15. The molecule has 0 amide bonds. The van der Waals surface area contributed by atoms with E-state index in [-0.39, 0.29) is 12.1 Å². The first-order chi connectivity index (χ1) is 11.5. The van der Waals surface area contributed by atoms with E-state index >= 15 is 0 Å². The van der Waals surface area contributed by atoms with Crippen LogP contribution >= 0.6 is 0 Å². The molecule has 1 aromatic heterocycles. The summed E-state index contributed by atoms with van der Waals surface area (Å²) in [4.78, 5) is 0. The topological polar surface area (TPSA) is 75.9 Å². The standard InChI is InChI=1S/C16H15F2N5O/c1-10-2-5-12(6-3-10)23-16(20-21-22-23)19-9-15(24)13-7-4-11(17)8-14(13)18/h2-8,15,24H,9H2,1H3,(H,19,20,22). The van der Waals surface area contributed by atoms with E-state index in [1.807, 2.05) is 31.2 Å². The lowest BCUT2D eigenvalue weighted by molar-refractivity contribution is 0.186. The molecule has 6 nitrogen and oxygen atoms in total. The van der Waals surface area contributed by atoms with Crippen molar-refractivity contribution in [3.8, 4) is 5.69 Å². The number of aromatic nitrogens is 4. The molecule has 1 heterocycles. The maximum absolute atomic E-state index is 13.7. The van der Waals surface area contributed by atoms with Gasteiger partial charge in [-0.1, -0.05) is 28.9 Å². The van der Waals surface area contributed by atoms with Crippen LogP contribution in [0.4, 0.5) is 14.7 Å². The van der Waals surface area contributed by atoms with Crippen LogP contribution in [0.2, 0.25) is 0 Å². The lowest BCUT2D eigenvalue weighted by atomic mass is 10.1. The maximum Gasteiger partial charge on any atom is 0.247 e. The second-order valence-corrected chi connectivity index (χ2v) is 5.31. The SMILES string of the molecule is Cc1ccc(-n2nnnc2NCC(O)c2ccc(F)cc2F)cc1. The first kappa shape index (κ1) is 16.0. The van der Waals surface area contributed by atoms with Gasteiger partial charge in [0, 0.05) is 18.2 Å². The van der Waals surface area contributed by atoms with E-state index in [0.717, 1.165) is 23.4 Å². The van der Waals surface area contributed by atoms with Gasteiger partial charge in [0.25, 0.3) is 0 Å². The number of aliphatic hydroxyl groups is 1. The highest BCUT2D eigenvalue weighted by atomic mass is 19.1. The fraction of sp³-hybridized carbons (Fsp3) is 0.188. The first-order valence-corrected chi connectivity index (χ1v) is 7.27. The summed E-state index contributed by atoms with van der Waals surface area (Å²) in [6.07, 6.45) is -1.17. The molecule has 0 aliphatic carbocycles. The zero-order chi connectivity index (χ0) is 17.1. The molecule has 1 atom stereocenters. The second-order valence-electron chi connectivity index (χ2n) is 5.31. The fourth-order valence-corrected chi connectivity index (χ4v) is 2.23. The van der Waals surface area contributed by atoms with Crippen molar-refractivity contribution in [3.05, 3.63) is 65.2 Å². The molecule has 0 aliphatic heterocycles. The molecule has 0 fully saturated rings. The van der Waals surface area contributed by atoms with Crippen molar-refractivity contribution in [2.75, 3.05) is 11.9 Å². The molecule has 0 saturated heterocycles. The summed E-state index contributed by atoms with van der Waals surface area (Å²) in [5, 5.41) is 24.3. The van der Waals surface area contributed by atoms with Gasteiger partial charge in [-0.05, 0) is 35.5 Å². The van der Waals surface area contributed by atoms with Gasteiger partial charge in [0.15, 0.2) is 0 Å². The summed E-state index contributed by atoms with van der Waals surface area (Å²) in [6.45, 7) is 1.94. The van der Waals surface area contributed by atoms with Crippen LogP contribution in [0.1, 0.15) is 17.2 Å². The molecule has 3 aromatic rings. The van der Waals surface area contributed by atoms with Crippen LogP contribution in [0, 0.1) is 18.6 Å². The molecule has 0 aliphatic rings. The first-order valence-electron chi connectivity index (χ1n) is 7.27. The van der Waals surface area contributed by atoms with Crippen molar-refractivity contribution in [3.63, 3.8) is 0 Å². The number of tetrazole rings is 1. The molecule has 3 rings (SSSR count). The van der Waals surface area contributed by atoms with Crippen molar-refractivity contribution < 1.29 is 13.9 Å². The lowest BCUT2D eigenvalue weighted by Gasteiger charge is -2.13. The summed E-state index contributed by atoms with van der Waals surface area (Å²) in [6, 6.07) is 10.6. The Morgan fingerprint density at radius 3 is 2.62 bits per heavy atom. The Hall–Kier alpha value is -2.87. The Balaban J connectivity index is 1.73. The molecule has 124 valence electrons. The van der Waals surface area contributed by atoms with Gasteiger partial charge in [-0.15, -0.1) is 0 Å². The average Bonchev–Trinajstić information content (AvgIpc) is 3.02. The molecule has 0 spiro atoms. The lowest BCUT2D eigenvalue weighted by Crippen LogP contribution is -2.16. The van der Waals surface area contributed by atoms with E-state index in [9.17, 15) is 13.9 Å². The maximum atomic E-state index is 13.7. The van der Waals surface area contributed by atoms with E-state index in [1.54, 1.807) is 0 Å². The van der Waals surface area contributed by atoms with Gasteiger partial charge in [-0.2, -0.15) is 4.68 Å². The minimum absolute atomic E-state index is 0.00161. The zero-order valence-electron chi connectivity index (χ0n) is 12.8. The third-order valence-electron chi connectivity index (χ3n) is 3.52. The predicted molar refractivity (Wildman–Crippen MR) is 83.7 cm³/mol. The number of hydrogen-bond acceptors (Lipinski definition) is 5. The largest absolute Gasteiger partial charge is 0.386 e. The van der Waals surface area contributed by atoms with E-state index < -0.39 is 17.7 Å². The van der Waals surface area contributed by atoms with Crippen molar-refractivity contribution >= 4 is 5.95 Å². The van der Waals surface area contributed by atoms with Gasteiger partial charge in [-0.3, -0.25) is 0 Å². The van der Waals surface area contributed by atoms with Crippen LogP contribution < -0.4 is 5.32 Å². The van der Waals surface area contributed by atoms with Gasteiger partial charge < -0.3 is 10.4 Å². The number of halogens is 2. The van der Waals surface area contributed by atoms with Crippen LogP contribution in [0.5, 0.6) is 0 Å². The number of aryl methyl sites for hydroxylation is 1. The summed E-state index contributed by atoms with van der Waals surface area (Å²) < 4.78 is 28.1. The molecule has 0 bridgehead atoms. The number of hydrogen-bond donors (Lipinski definition) is 2. The molecule has 24 heavy (non-hydrogen) atoms. The third-order valence-corrected chi connectivity index (χ3v) is 3.52. The van der Waals surface area contributed by atoms with Crippen molar-refractivity contribution in [1.82, 2.24) is 20.2 Å². The highest BCUT2D eigenvalue weighted by Crippen LogP contribution is 2.19. The monoisotopic (exact) mass is 331 g/mol. The zero-order valence-corrected chi connectivity index (χ0v) is 12.8. The summed E-state index contributed by atoms with van der Waals surface area (Å²) >= 11 is 0. The Bertz CT molecular complexity index is 835. The summed E-state index contributed by atoms with van der Waals surface area (Å²) in [7, 11) is 0. The number of anilines is 1. The molecular weight excluding hydrogens is 316 g/mol. The van der Waals surface area contributed by atoms with E-state index in [4.69, 9.17) is 0 Å². The third kappa shape index (κ3) is 3.38. The van der Waals surface area contributed by atoms with Crippen LogP contribution in [0.25, 0.3) is 5.69 Å². The van der Waals surface area contributed by atoms with Crippen LogP contribution in [-0.4, -0.2) is 31.9 Å². The average molecular weight is 331 g/mol. The molecule has 8 heteroatoms. The molecule has 2 aromatic carbocycles. The predicted octanol–water partition coefficient (Wildman–Crippen LogP) is 2.39. The fourth-order valence-electron chi connectivity index (χ4n) is 2.23. The molecule has 1 unspecified atom stereocenters. The Morgan fingerprint density at radius 2 is 1.92 bits per heavy atom. The smallest absolute Gasteiger partial charge is 0.247 e. The molecular formula is C16H15F2N5O. The van der Waals surface area contributed by atoms with Crippen molar-refractivity contribution in [2.45, 2.75) is 13.0 Å². The van der Waals surface area contributed by atoms with Gasteiger partial charge in [0.05, 0.1) is 11.8 Å². The minimum Gasteiger partial charge on any atom is -0.386 e. The number of nitrogens with zero attached hydrogens (tertiary/aromatic N) is 4. The number of rotatable bonds is 5. The van der Waals surface area contributed by atoms with Gasteiger partial charge in [-0.25, -0.2) is 8.78 Å². The Morgan fingerprint density at radius 1 is 1.17 bits per heavy atom. The van der Waals surface area contributed by atoms with Crippen LogP contribution in [0.15, 0.2) is 42.5 Å². The van der Waals surface area contributed by atoms with Crippen LogP contribution in [-0.2, 0) is 0 Å². The summed E-state index contributed by atoms with van der Waals surface area (Å²) in [5.74, 6) is -1.19. The van der Waals surface area contributed by atoms with Gasteiger partial charge >= 0.3 is 0 Å². The van der Waals surface area contributed by atoms with Crippen molar-refractivity contribution in [2.24, 2.45) is 0 Å². The van der Waals surface area contributed by atoms with Crippen molar-refractivity contribution in [1.29, 1.82) is 0 Å². The number of aliphatic hydroxyl groups excluding tert-OH is 1.